The van der Waals surface area contributed by atoms with Gasteiger partial charge in [-0.05, 0) is 27.7 Å². The van der Waals surface area contributed by atoms with Crippen LogP contribution in [0.15, 0.2) is 0 Å². The highest BCUT2D eigenvalue weighted by atomic mass is 16.6. The van der Waals surface area contributed by atoms with Crippen LogP contribution in [0.2, 0.25) is 0 Å². The zero-order chi connectivity index (χ0) is 11.0. The van der Waals surface area contributed by atoms with Gasteiger partial charge in [-0.3, -0.25) is 4.90 Å². The fourth-order valence-corrected chi connectivity index (χ4v) is 1.83. The molecule has 14 heavy (non-hydrogen) atoms. The lowest BCUT2D eigenvalue weighted by atomic mass is 10.1. The van der Waals surface area contributed by atoms with Gasteiger partial charge in [-0.2, -0.15) is 0 Å². The first-order valence-corrected chi connectivity index (χ1v) is 4.96. The van der Waals surface area contributed by atoms with E-state index in [4.69, 9.17) is 10.5 Å². The third-order valence-corrected chi connectivity index (χ3v) is 2.73. The highest BCUT2D eigenvalue weighted by Crippen LogP contribution is 2.29. The minimum atomic E-state index is -0.678. The normalized spacial score (nSPS) is 29.1. The molecule has 1 fully saturated rings. The minimum Gasteiger partial charge on any atom is -0.442 e. The second kappa shape index (κ2) is 3.42. The first-order chi connectivity index (χ1) is 6.23. The Bertz CT molecular complexity index is 235. The van der Waals surface area contributed by atoms with Crippen LogP contribution in [0, 0.1) is 0 Å². The van der Waals surface area contributed by atoms with Gasteiger partial charge < -0.3 is 10.5 Å². The van der Waals surface area contributed by atoms with Gasteiger partial charge in [-0.1, -0.05) is 0 Å². The van der Waals surface area contributed by atoms with Gasteiger partial charge in [0.05, 0.1) is 0 Å². The van der Waals surface area contributed by atoms with E-state index in [9.17, 15) is 4.79 Å². The highest BCUT2D eigenvalue weighted by Gasteiger charge is 2.40. The fraction of sp³-hybridized carbons (Fsp3) is 0.900. The molecule has 82 valence electrons. The van der Waals surface area contributed by atoms with E-state index in [1.54, 1.807) is 0 Å². The van der Waals surface area contributed by atoms with Crippen LogP contribution in [0.3, 0.4) is 0 Å². The second-order valence-corrected chi connectivity index (χ2v) is 5.21. The topological polar surface area (TPSA) is 55.6 Å². The van der Waals surface area contributed by atoms with Gasteiger partial charge in [0.2, 0.25) is 0 Å². The molecule has 1 aliphatic rings. The molecule has 1 rings (SSSR count). The Morgan fingerprint density at radius 3 is 2.43 bits per heavy atom. The zero-order valence-electron chi connectivity index (χ0n) is 9.46. The van der Waals surface area contributed by atoms with Crippen molar-refractivity contribution in [2.75, 3.05) is 13.1 Å². The molecule has 4 heteroatoms. The Balaban J connectivity index is 2.59. The summed E-state index contributed by atoms with van der Waals surface area (Å²) >= 11 is 0. The summed E-state index contributed by atoms with van der Waals surface area (Å²) in [6, 6.07) is 0. The van der Waals surface area contributed by atoms with E-state index in [1.807, 2.05) is 6.92 Å². The number of hydrogen-bond acceptors (Lipinski definition) is 3. The molecule has 0 aromatic rings. The average Bonchev–Trinajstić information content (AvgIpc) is 2.28. The summed E-state index contributed by atoms with van der Waals surface area (Å²) in [5.74, 6) is 0. The summed E-state index contributed by atoms with van der Waals surface area (Å²) in [5, 5.41) is 0. The number of ether oxygens (including phenoxy) is 1. The summed E-state index contributed by atoms with van der Waals surface area (Å²) in [5.41, 5.74) is 4.75. The van der Waals surface area contributed by atoms with Gasteiger partial charge in [-0.25, -0.2) is 4.79 Å². The molecule has 0 spiro atoms. The Morgan fingerprint density at radius 1 is 1.50 bits per heavy atom. The van der Waals surface area contributed by atoms with Gasteiger partial charge >= 0.3 is 6.09 Å². The van der Waals surface area contributed by atoms with E-state index in [2.05, 4.69) is 25.7 Å². The zero-order valence-corrected chi connectivity index (χ0v) is 9.46. The standard InChI is InChI=1S/C10H20N2O2/c1-9(2,3)12-6-5-10(4,7-12)14-8(11)13/h5-7H2,1-4H3,(H2,11,13). The van der Waals surface area contributed by atoms with Gasteiger partial charge in [0.1, 0.15) is 5.60 Å². The monoisotopic (exact) mass is 200 g/mol. The van der Waals surface area contributed by atoms with Gasteiger partial charge in [-0.15, -0.1) is 0 Å². The van der Waals surface area contributed by atoms with Crippen LogP contribution in [0.1, 0.15) is 34.1 Å². The lowest BCUT2D eigenvalue weighted by Gasteiger charge is -2.33. The maximum Gasteiger partial charge on any atom is 0.405 e. The third kappa shape index (κ3) is 2.61. The van der Waals surface area contributed by atoms with E-state index in [-0.39, 0.29) is 5.54 Å². The number of rotatable bonds is 1. The summed E-state index contributed by atoms with van der Waals surface area (Å²) in [6.45, 7) is 10.1. The molecule has 1 atom stereocenters. The number of carbonyl (C=O) groups excluding carboxylic acids is 1. The van der Waals surface area contributed by atoms with Crippen molar-refractivity contribution in [2.45, 2.75) is 45.3 Å². The summed E-state index contributed by atoms with van der Waals surface area (Å²) in [4.78, 5) is 13.0. The van der Waals surface area contributed by atoms with Gasteiger partial charge in [0, 0.05) is 25.0 Å². The molecule has 0 bridgehead atoms. The van der Waals surface area contributed by atoms with Crippen LogP contribution < -0.4 is 5.73 Å². The minimum absolute atomic E-state index is 0.124. The van der Waals surface area contributed by atoms with E-state index in [0.717, 1.165) is 19.5 Å². The molecule has 0 aromatic heterocycles. The number of nitrogens with two attached hydrogens (primary N) is 1. The quantitative estimate of drug-likeness (QED) is 0.695. The van der Waals surface area contributed by atoms with Crippen LogP contribution in [-0.2, 0) is 4.74 Å². The first-order valence-electron chi connectivity index (χ1n) is 4.96. The molecule has 0 saturated carbocycles. The van der Waals surface area contributed by atoms with Crippen molar-refractivity contribution in [3.05, 3.63) is 0 Å². The van der Waals surface area contributed by atoms with E-state index in [1.165, 1.54) is 0 Å². The Morgan fingerprint density at radius 2 is 2.07 bits per heavy atom. The molecule has 1 amide bonds. The number of primary amides is 1. The smallest absolute Gasteiger partial charge is 0.405 e. The summed E-state index contributed by atoms with van der Waals surface area (Å²) < 4.78 is 5.12. The van der Waals surface area contributed by atoms with Crippen LogP contribution in [0.5, 0.6) is 0 Å². The fourth-order valence-electron chi connectivity index (χ4n) is 1.83. The van der Waals surface area contributed by atoms with Crippen molar-refractivity contribution in [1.82, 2.24) is 4.90 Å². The molecule has 0 aliphatic carbocycles. The van der Waals surface area contributed by atoms with Crippen LogP contribution in [0.4, 0.5) is 4.79 Å². The largest absolute Gasteiger partial charge is 0.442 e. The first kappa shape index (κ1) is 11.3. The second-order valence-electron chi connectivity index (χ2n) is 5.21. The Labute approximate surface area is 85.4 Å². The number of likely N-dealkylation sites (tertiary alicyclic amines) is 1. The lowest BCUT2D eigenvalue weighted by molar-refractivity contribution is 0.0286. The maximum absolute atomic E-state index is 10.7. The molecule has 4 nitrogen and oxygen atoms in total. The molecule has 1 aliphatic heterocycles. The Kier molecular flexibility index (Phi) is 2.76. The molecular weight excluding hydrogens is 180 g/mol. The third-order valence-electron chi connectivity index (χ3n) is 2.73. The van der Waals surface area contributed by atoms with Crippen LogP contribution in [-0.4, -0.2) is 35.2 Å². The number of carbonyl (C=O) groups is 1. The van der Waals surface area contributed by atoms with Gasteiger partial charge in [0.15, 0.2) is 0 Å². The average molecular weight is 200 g/mol. The number of nitrogens with zero attached hydrogens (tertiary/aromatic N) is 1. The number of amides is 1. The van der Waals surface area contributed by atoms with Crippen molar-refractivity contribution < 1.29 is 9.53 Å². The van der Waals surface area contributed by atoms with Crippen molar-refractivity contribution >= 4 is 6.09 Å². The van der Waals surface area contributed by atoms with E-state index < -0.39 is 11.7 Å². The Hall–Kier alpha value is -0.770. The SMILES string of the molecule is CC1(OC(N)=O)CCN(C(C)(C)C)C1. The molecule has 1 saturated heterocycles. The van der Waals surface area contributed by atoms with Crippen molar-refractivity contribution in [3.63, 3.8) is 0 Å². The molecular formula is C10H20N2O2. The van der Waals surface area contributed by atoms with Crippen molar-refractivity contribution in [2.24, 2.45) is 5.73 Å². The highest BCUT2D eigenvalue weighted by molar-refractivity contribution is 5.65. The predicted octanol–water partition coefficient (Wildman–Crippen LogP) is 1.34. The van der Waals surface area contributed by atoms with Crippen LogP contribution in [0.25, 0.3) is 0 Å². The molecule has 2 N–H and O–H groups in total. The predicted molar refractivity (Wildman–Crippen MR) is 55.0 cm³/mol. The lowest BCUT2D eigenvalue weighted by Crippen LogP contribution is -2.43. The van der Waals surface area contributed by atoms with E-state index in [0.29, 0.717) is 0 Å². The maximum atomic E-state index is 10.7. The molecule has 0 radical (unpaired) electrons. The van der Waals surface area contributed by atoms with Crippen molar-refractivity contribution in [3.8, 4) is 0 Å². The van der Waals surface area contributed by atoms with Crippen molar-refractivity contribution in [1.29, 1.82) is 0 Å². The summed E-state index contributed by atoms with van der Waals surface area (Å²) in [7, 11) is 0. The van der Waals surface area contributed by atoms with Gasteiger partial charge in [0.25, 0.3) is 0 Å². The molecule has 0 aromatic carbocycles. The molecule has 1 unspecified atom stereocenters. The van der Waals surface area contributed by atoms with E-state index >= 15 is 0 Å². The van der Waals surface area contributed by atoms with Crippen LogP contribution >= 0.6 is 0 Å². The number of hydrogen-bond donors (Lipinski definition) is 1. The summed E-state index contributed by atoms with van der Waals surface area (Å²) in [6.07, 6.45) is 0.177. The molecule has 1 heterocycles.